The number of aromatic nitrogens is 2. The molecule has 2 N–H and O–H groups in total. The summed E-state index contributed by atoms with van der Waals surface area (Å²) < 4.78 is 5.63. The third kappa shape index (κ3) is 5.30. The van der Waals surface area contributed by atoms with E-state index in [0.717, 1.165) is 36.2 Å². The number of benzene rings is 1. The van der Waals surface area contributed by atoms with Crippen molar-refractivity contribution in [3.63, 3.8) is 0 Å². The molecule has 0 atom stereocenters. The minimum atomic E-state index is 0.588. The van der Waals surface area contributed by atoms with E-state index in [1.807, 2.05) is 43.3 Å². The Morgan fingerprint density at radius 2 is 1.67 bits per heavy atom. The second-order valence-corrected chi connectivity index (χ2v) is 4.70. The number of hydrogen-bond acceptors (Lipinski definition) is 5. The van der Waals surface area contributed by atoms with Gasteiger partial charge in [-0.2, -0.15) is 0 Å². The predicted molar refractivity (Wildman–Crippen MR) is 86.0 cm³/mol. The fourth-order valence-electron chi connectivity index (χ4n) is 1.87. The molecule has 1 aromatic carbocycles. The summed E-state index contributed by atoms with van der Waals surface area (Å²) in [5.41, 5.74) is 0. The molecule has 2 rings (SSSR count). The van der Waals surface area contributed by atoms with E-state index in [0.29, 0.717) is 13.2 Å². The molecule has 2 aromatic rings. The molecule has 0 bridgehead atoms. The van der Waals surface area contributed by atoms with Crippen molar-refractivity contribution in [1.29, 1.82) is 0 Å². The van der Waals surface area contributed by atoms with Crippen LogP contribution in [0.3, 0.4) is 0 Å². The average molecular weight is 286 g/mol. The SMILES string of the molecule is CCCNc1cc(NCCOc2ccccc2)nc(C)n1. The van der Waals surface area contributed by atoms with Crippen LogP contribution < -0.4 is 15.4 Å². The maximum Gasteiger partial charge on any atom is 0.131 e. The molecule has 5 heteroatoms. The van der Waals surface area contributed by atoms with Gasteiger partial charge >= 0.3 is 0 Å². The van der Waals surface area contributed by atoms with E-state index in [1.54, 1.807) is 0 Å². The van der Waals surface area contributed by atoms with Crippen LogP contribution in [0.15, 0.2) is 36.4 Å². The van der Waals surface area contributed by atoms with Gasteiger partial charge < -0.3 is 15.4 Å². The summed E-state index contributed by atoms with van der Waals surface area (Å²) in [6, 6.07) is 11.7. The van der Waals surface area contributed by atoms with Crippen molar-refractivity contribution in [2.75, 3.05) is 30.3 Å². The standard InChI is InChI=1S/C16H22N4O/c1-3-9-17-15-12-16(20-13(2)19-15)18-10-11-21-14-7-5-4-6-8-14/h4-8,12H,3,9-11H2,1-2H3,(H2,17,18,19,20). The minimum absolute atomic E-state index is 0.588. The fourth-order valence-corrected chi connectivity index (χ4v) is 1.87. The normalized spacial score (nSPS) is 10.2. The summed E-state index contributed by atoms with van der Waals surface area (Å²) in [7, 11) is 0. The number of nitrogens with one attached hydrogen (secondary N) is 2. The first-order chi connectivity index (χ1) is 10.3. The van der Waals surface area contributed by atoms with Crippen molar-refractivity contribution in [3.8, 4) is 5.75 Å². The number of para-hydroxylation sites is 1. The van der Waals surface area contributed by atoms with Crippen LogP contribution >= 0.6 is 0 Å². The monoisotopic (exact) mass is 286 g/mol. The van der Waals surface area contributed by atoms with Crippen molar-refractivity contribution in [2.24, 2.45) is 0 Å². The van der Waals surface area contributed by atoms with Crippen molar-refractivity contribution in [1.82, 2.24) is 9.97 Å². The lowest BCUT2D eigenvalue weighted by Gasteiger charge is -2.10. The quantitative estimate of drug-likeness (QED) is 0.730. The first kappa shape index (κ1) is 15.1. The summed E-state index contributed by atoms with van der Waals surface area (Å²) >= 11 is 0. The first-order valence-electron chi connectivity index (χ1n) is 7.29. The molecule has 0 unspecified atom stereocenters. The highest BCUT2D eigenvalue weighted by Crippen LogP contribution is 2.11. The van der Waals surface area contributed by atoms with Gasteiger partial charge in [-0.05, 0) is 25.5 Å². The van der Waals surface area contributed by atoms with Crippen LogP contribution in [0.1, 0.15) is 19.2 Å². The van der Waals surface area contributed by atoms with Gasteiger partial charge in [-0.3, -0.25) is 0 Å². The van der Waals surface area contributed by atoms with E-state index in [9.17, 15) is 0 Å². The summed E-state index contributed by atoms with van der Waals surface area (Å²) in [5.74, 6) is 3.31. The van der Waals surface area contributed by atoms with Crippen LogP contribution in [0.2, 0.25) is 0 Å². The van der Waals surface area contributed by atoms with Gasteiger partial charge in [0.2, 0.25) is 0 Å². The van der Waals surface area contributed by atoms with Crippen LogP contribution in [-0.2, 0) is 0 Å². The second-order valence-electron chi connectivity index (χ2n) is 4.70. The van der Waals surface area contributed by atoms with E-state index in [4.69, 9.17) is 4.74 Å². The van der Waals surface area contributed by atoms with Gasteiger partial charge in [-0.1, -0.05) is 25.1 Å². The third-order valence-electron chi connectivity index (χ3n) is 2.81. The number of rotatable bonds is 8. The minimum Gasteiger partial charge on any atom is -0.492 e. The summed E-state index contributed by atoms with van der Waals surface area (Å²) in [4.78, 5) is 8.72. The number of nitrogens with zero attached hydrogens (tertiary/aromatic N) is 2. The van der Waals surface area contributed by atoms with Gasteiger partial charge in [-0.15, -0.1) is 0 Å². The molecule has 1 heterocycles. The van der Waals surface area contributed by atoms with Gasteiger partial charge in [0, 0.05) is 12.6 Å². The summed E-state index contributed by atoms with van der Waals surface area (Å²) in [6.07, 6.45) is 1.07. The molecular formula is C16H22N4O. The zero-order valence-electron chi connectivity index (χ0n) is 12.6. The summed E-state index contributed by atoms with van der Waals surface area (Å²) in [6.45, 7) is 6.21. The second kappa shape index (κ2) is 8.09. The molecule has 0 aliphatic carbocycles. The lowest BCUT2D eigenvalue weighted by Crippen LogP contribution is -2.13. The van der Waals surface area contributed by atoms with Gasteiger partial charge in [0.15, 0.2) is 0 Å². The number of hydrogen-bond donors (Lipinski definition) is 2. The first-order valence-corrected chi connectivity index (χ1v) is 7.29. The zero-order chi connectivity index (χ0) is 14.9. The zero-order valence-corrected chi connectivity index (χ0v) is 12.6. The molecule has 5 nitrogen and oxygen atoms in total. The van der Waals surface area contributed by atoms with Crippen molar-refractivity contribution >= 4 is 11.6 Å². The van der Waals surface area contributed by atoms with E-state index in [1.165, 1.54) is 0 Å². The Morgan fingerprint density at radius 1 is 1.00 bits per heavy atom. The predicted octanol–water partition coefficient (Wildman–Crippen LogP) is 3.10. The lowest BCUT2D eigenvalue weighted by molar-refractivity contribution is 0.333. The molecular weight excluding hydrogens is 264 g/mol. The topological polar surface area (TPSA) is 59.1 Å². The van der Waals surface area contributed by atoms with Crippen LogP contribution in [-0.4, -0.2) is 29.7 Å². The Labute approximate surface area is 125 Å². The molecule has 0 saturated carbocycles. The third-order valence-corrected chi connectivity index (χ3v) is 2.81. The van der Waals surface area contributed by atoms with Crippen molar-refractivity contribution < 1.29 is 4.74 Å². The molecule has 0 spiro atoms. The highest BCUT2D eigenvalue weighted by molar-refractivity contribution is 5.47. The molecule has 112 valence electrons. The maximum absolute atomic E-state index is 5.63. The highest BCUT2D eigenvalue weighted by atomic mass is 16.5. The Hall–Kier alpha value is -2.30. The Kier molecular flexibility index (Phi) is 5.82. The highest BCUT2D eigenvalue weighted by Gasteiger charge is 2.01. The molecule has 0 aliphatic heterocycles. The molecule has 0 saturated heterocycles. The molecule has 0 aliphatic rings. The smallest absolute Gasteiger partial charge is 0.131 e. The van der Waals surface area contributed by atoms with E-state index in [-0.39, 0.29) is 0 Å². The number of aryl methyl sites for hydroxylation is 1. The number of ether oxygens (including phenoxy) is 1. The van der Waals surface area contributed by atoms with Gasteiger partial charge in [0.25, 0.3) is 0 Å². The summed E-state index contributed by atoms with van der Waals surface area (Å²) in [5, 5.41) is 6.53. The van der Waals surface area contributed by atoms with Crippen LogP contribution in [0, 0.1) is 6.92 Å². The molecule has 0 amide bonds. The Balaban J connectivity index is 1.81. The maximum atomic E-state index is 5.63. The van der Waals surface area contributed by atoms with Crippen molar-refractivity contribution in [3.05, 3.63) is 42.2 Å². The number of anilines is 2. The molecule has 21 heavy (non-hydrogen) atoms. The van der Waals surface area contributed by atoms with E-state index < -0.39 is 0 Å². The van der Waals surface area contributed by atoms with Gasteiger partial charge in [-0.25, -0.2) is 9.97 Å². The van der Waals surface area contributed by atoms with Crippen LogP contribution in [0.25, 0.3) is 0 Å². The lowest BCUT2D eigenvalue weighted by atomic mass is 10.3. The molecule has 0 fully saturated rings. The Bertz CT molecular complexity index is 545. The van der Waals surface area contributed by atoms with Crippen molar-refractivity contribution in [2.45, 2.75) is 20.3 Å². The largest absolute Gasteiger partial charge is 0.492 e. The average Bonchev–Trinajstić information content (AvgIpc) is 2.50. The Morgan fingerprint density at radius 3 is 2.33 bits per heavy atom. The van der Waals surface area contributed by atoms with E-state index >= 15 is 0 Å². The van der Waals surface area contributed by atoms with Crippen LogP contribution in [0.4, 0.5) is 11.6 Å². The van der Waals surface area contributed by atoms with Gasteiger partial charge in [0.05, 0.1) is 6.54 Å². The molecule has 1 aromatic heterocycles. The van der Waals surface area contributed by atoms with Crippen LogP contribution in [0.5, 0.6) is 5.75 Å². The molecule has 0 radical (unpaired) electrons. The fraction of sp³-hybridized carbons (Fsp3) is 0.375. The van der Waals surface area contributed by atoms with Gasteiger partial charge in [0.1, 0.15) is 29.8 Å². The van der Waals surface area contributed by atoms with E-state index in [2.05, 4.69) is 27.5 Å².